The second kappa shape index (κ2) is 15.5. The highest BCUT2D eigenvalue weighted by Gasteiger charge is 2.40. The lowest BCUT2D eigenvalue weighted by atomic mass is 9.88. The van der Waals surface area contributed by atoms with Gasteiger partial charge in [0, 0.05) is 31.6 Å². The molecule has 0 spiro atoms. The predicted molar refractivity (Wildman–Crippen MR) is 167 cm³/mol. The highest BCUT2D eigenvalue weighted by Crippen LogP contribution is 2.34. The Balaban J connectivity index is 0.00000301. The number of hydrogen-bond acceptors (Lipinski definition) is 7. The predicted octanol–water partition coefficient (Wildman–Crippen LogP) is 6.06. The van der Waals surface area contributed by atoms with E-state index in [1.165, 1.54) is 6.08 Å². The van der Waals surface area contributed by atoms with Gasteiger partial charge in [0.05, 0.1) is 29.5 Å². The van der Waals surface area contributed by atoms with Gasteiger partial charge in [0.15, 0.2) is 0 Å². The number of nitrogens with zero attached hydrogens (tertiary/aromatic N) is 1. The van der Waals surface area contributed by atoms with Crippen LogP contribution in [-0.4, -0.2) is 65.4 Å². The van der Waals surface area contributed by atoms with Gasteiger partial charge in [-0.25, -0.2) is 4.79 Å². The fraction of sp³-hybridized carbons (Fsp3) is 0.485. The van der Waals surface area contributed by atoms with Crippen LogP contribution in [0.15, 0.2) is 54.6 Å². The van der Waals surface area contributed by atoms with Crippen molar-refractivity contribution in [3.05, 3.63) is 65.7 Å². The molecular weight excluding hydrogens is 534 g/mol. The van der Waals surface area contributed by atoms with Gasteiger partial charge in [-0.3, -0.25) is 19.8 Å². The van der Waals surface area contributed by atoms with E-state index in [-0.39, 0.29) is 23.7 Å². The molecule has 1 aliphatic heterocycles. The zero-order chi connectivity index (χ0) is 31.5. The van der Waals surface area contributed by atoms with Crippen molar-refractivity contribution < 1.29 is 29.0 Å². The number of aliphatic hydroxyl groups is 1. The third-order valence-corrected chi connectivity index (χ3v) is 6.21. The molecule has 1 saturated heterocycles. The van der Waals surface area contributed by atoms with E-state index >= 15 is 0 Å². The first-order valence-corrected chi connectivity index (χ1v) is 14.5. The molecule has 1 heterocycles. The zero-order valence-corrected chi connectivity index (χ0v) is 26.2. The number of carbonyl (C=O) groups excluding carboxylic acids is 3. The first-order valence-electron chi connectivity index (χ1n) is 14.5. The van der Waals surface area contributed by atoms with Crippen molar-refractivity contribution >= 4 is 35.4 Å². The number of β-amino-alcohol motifs (C(OH)–C–C–N with tert-alkyl or cyclic N) is 1. The molecule has 2 unspecified atom stereocenters. The second-order valence-corrected chi connectivity index (χ2v) is 11.6. The normalized spacial score (nSPS) is 17.3. The van der Waals surface area contributed by atoms with Gasteiger partial charge in [0.1, 0.15) is 5.60 Å². The molecule has 2 aromatic rings. The fourth-order valence-electron chi connectivity index (χ4n) is 4.70. The van der Waals surface area contributed by atoms with E-state index in [0.717, 1.165) is 11.1 Å². The number of likely N-dealkylation sites (tertiary alicyclic amines) is 1. The molecule has 2 aromatic carbocycles. The minimum atomic E-state index is -0.865. The van der Waals surface area contributed by atoms with E-state index < -0.39 is 17.3 Å². The molecule has 230 valence electrons. The maximum absolute atomic E-state index is 12.7. The number of anilines is 2. The number of carbonyl (C=O) groups is 3. The number of amides is 2. The Kier molecular flexibility index (Phi) is 12.7. The molecule has 0 aromatic heterocycles. The summed E-state index contributed by atoms with van der Waals surface area (Å²) in [6.45, 7) is 16.6. The fourth-order valence-corrected chi connectivity index (χ4v) is 4.70. The van der Waals surface area contributed by atoms with Gasteiger partial charge in [-0.1, -0.05) is 50.2 Å². The number of esters is 1. The monoisotopic (exact) mass is 581 g/mol. The first-order chi connectivity index (χ1) is 19.7. The molecule has 0 radical (unpaired) electrons. The Morgan fingerprint density at radius 2 is 1.55 bits per heavy atom. The quantitative estimate of drug-likeness (QED) is 0.243. The summed E-state index contributed by atoms with van der Waals surface area (Å²) in [7, 11) is 0. The van der Waals surface area contributed by atoms with Gasteiger partial charge in [-0.05, 0) is 70.9 Å². The third kappa shape index (κ3) is 11.3. The van der Waals surface area contributed by atoms with Crippen LogP contribution in [0.4, 0.5) is 16.2 Å². The van der Waals surface area contributed by atoms with Crippen molar-refractivity contribution in [3.8, 4) is 0 Å². The Hall–Kier alpha value is -3.69. The van der Waals surface area contributed by atoms with Crippen LogP contribution in [0.25, 0.3) is 6.08 Å². The van der Waals surface area contributed by atoms with E-state index in [9.17, 15) is 19.5 Å². The molecule has 2 atom stereocenters. The molecule has 0 saturated carbocycles. The molecule has 0 bridgehead atoms. The number of hydrogen-bond donors (Lipinski definition) is 3. The van der Waals surface area contributed by atoms with E-state index in [1.54, 1.807) is 71.9 Å². The molecule has 42 heavy (non-hydrogen) atoms. The lowest BCUT2D eigenvalue weighted by Crippen LogP contribution is -2.37. The summed E-state index contributed by atoms with van der Waals surface area (Å²) in [6.07, 6.45) is 2.50. The Labute approximate surface area is 250 Å². The van der Waals surface area contributed by atoms with Crippen LogP contribution < -0.4 is 10.6 Å². The SMILES string of the molecule is CC.CCOC(=O)C1CN(CC(C)(C)O)CC1c1ccc(/C=C/C(=O)Nc2ccccc2NC(=O)OC(C)(C)C)cc1. The zero-order valence-electron chi connectivity index (χ0n) is 26.2. The van der Waals surface area contributed by atoms with E-state index in [1.807, 2.05) is 38.1 Å². The summed E-state index contributed by atoms with van der Waals surface area (Å²) >= 11 is 0. The lowest BCUT2D eigenvalue weighted by molar-refractivity contribution is -0.148. The van der Waals surface area contributed by atoms with Crippen molar-refractivity contribution in [2.24, 2.45) is 5.92 Å². The lowest BCUT2D eigenvalue weighted by Gasteiger charge is -2.25. The Bertz CT molecular complexity index is 1210. The van der Waals surface area contributed by atoms with Crippen molar-refractivity contribution in [3.63, 3.8) is 0 Å². The highest BCUT2D eigenvalue weighted by atomic mass is 16.6. The van der Waals surface area contributed by atoms with Gasteiger partial charge in [0.25, 0.3) is 0 Å². The Morgan fingerprint density at radius 1 is 0.952 bits per heavy atom. The molecular formula is C33H47N3O6. The number of para-hydroxylation sites is 2. The van der Waals surface area contributed by atoms with E-state index in [0.29, 0.717) is 37.6 Å². The summed E-state index contributed by atoms with van der Waals surface area (Å²) in [5.74, 6) is -0.962. The smallest absolute Gasteiger partial charge is 0.412 e. The van der Waals surface area contributed by atoms with E-state index in [4.69, 9.17) is 9.47 Å². The van der Waals surface area contributed by atoms with Crippen molar-refractivity contribution in [1.29, 1.82) is 0 Å². The number of nitrogens with one attached hydrogen (secondary N) is 2. The van der Waals surface area contributed by atoms with E-state index in [2.05, 4.69) is 15.5 Å². The van der Waals surface area contributed by atoms with Gasteiger partial charge < -0.3 is 19.9 Å². The number of benzene rings is 2. The van der Waals surface area contributed by atoms with Gasteiger partial charge in [0.2, 0.25) is 5.91 Å². The van der Waals surface area contributed by atoms with Crippen LogP contribution in [0.1, 0.15) is 72.4 Å². The van der Waals surface area contributed by atoms with Gasteiger partial charge >= 0.3 is 12.1 Å². The summed E-state index contributed by atoms with van der Waals surface area (Å²) in [6, 6.07) is 14.6. The molecule has 3 N–H and O–H groups in total. The van der Waals surface area contributed by atoms with Crippen molar-refractivity contribution in [2.75, 3.05) is 36.9 Å². The molecule has 2 amide bonds. The average molecular weight is 582 g/mol. The minimum Gasteiger partial charge on any atom is -0.466 e. The van der Waals surface area contributed by atoms with Crippen molar-refractivity contribution in [1.82, 2.24) is 4.90 Å². The van der Waals surface area contributed by atoms with Gasteiger partial charge in [-0.2, -0.15) is 0 Å². The summed E-state index contributed by atoms with van der Waals surface area (Å²) in [5.41, 5.74) is 1.18. The molecule has 1 fully saturated rings. The highest BCUT2D eigenvalue weighted by molar-refractivity contribution is 6.05. The van der Waals surface area contributed by atoms with Crippen LogP contribution in [0.3, 0.4) is 0 Å². The minimum absolute atomic E-state index is 0.0586. The first kappa shape index (κ1) is 34.5. The number of ether oxygens (including phenoxy) is 2. The maximum Gasteiger partial charge on any atom is 0.412 e. The Morgan fingerprint density at radius 3 is 2.10 bits per heavy atom. The molecule has 1 aliphatic rings. The topological polar surface area (TPSA) is 117 Å². The standard InChI is InChI=1S/C31H41N3O6.C2H6/c1-7-39-28(36)24-19-34(20-31(5,6)38)18-23(24)22-15-12-21(13-16-22)14-17-27(35)32-25-10-8-9-11-26(25)33-29(37)40-30(2,3)4;1-2/h8-17,23-24,38H,7,18-20H2,1-6H3,(H,32,35)(H,33,37);1-2H3/b17-14+;. The average Bonchev–Trinajstić information content (AvgIpc) is 3.31. The van der Waals surface area contributed by atoms with Crippen molar-refractivity contribution in [2.45, 2.75) is 72.5 Å². The van der Waals surface area contributed by atoms with Crippen LogP contribution in [-0.2, 0) is 19.1 Å². The van der Waals surface area contributed by atoms with Crippen LogP contribution >= 0.6 is 0 Å². The van der Waals surface area contributed by atoms with Crippen LogP contribution in [0.2, 0.25) is 0 Å². The third-order valence-electron chi connectivity index (χ3n) is 6.21. The van der Waals surface area contributed by atoms with Crippen LogP contribution in [0, 0.1) is 5.92 Å². The second-order valence-electron chi connectivity index (χ2n) is 11.6. The number of rotatable bonds is 9. The molecule has 3 rings (SSSR count). The summed E-state index contributed by atoms with van der Waals surface area (Å²) in [4.78, 5) is 39.6. The largest absolute Gasteiger partial charge is 0.466 e. The van der Waals surface area contributed by atoms with Gasteiger partial charge in [-0.15, -0.1) is 0 Å². The molecule has 9 nitrogen and oxygen atoms in total. The molecule has 9 heteroatoms. The molecule has 0 aliphatic carbocycles. The maximum atomic E-state index is 12.7. The van der Waals surface area contributed by atoms with Crippen LogP contribution in [0.5, 0.6) is 0 Å². The summed E-state index contributed by atoms with van der Waals surface area (Å²) in [5, 5.41) is 15.7. The summed E-state index contributed by atoms with van der Waals surface area (Å²) < 4.78 is 10.6.